The molecule has 0 bridgehead atoms. The molecular formula is C19H16N4O4S. The number of nitriles is 1. The molecule has 3 aromatic rings. The van der Waals surface area contributed by atoms with Crippen LogP contribution in [0.2, 0.25) is 0 Å². The van der Waals surface area contributed by atoms with Gasteiger partial charge in [-0.15, -0.1) is 10.2 Å². The Morgan fingerprint density at radius 1 is 1.18 bits per heavy atom. The van der Waals surface area contributed by atoms with Crippen molar-refractivity contribution >= 4 is 23.4 Å². The molecule has 0 spiro atoms. The molecule has 1 heterocycles. The van der Waals surface area contributed by atoms with Gasteiger partial charge in [0.2, 0.25) is 11.8 Å². The summed E-state index contributed by atoms with van der Waals surface area (Å²) in [5, 5.41) is 19.8. The van der Waals surface area contributed by atoms with Crippen LogP contribution in [0.3, 0.4) is 0 Å². The summed E-state index contributed by atoms with van der Waals surface area (Å²) in [5.41, 5.74) is 1.71. The molecule has 8 nitrogen and oxygen atoms in total. The molecule has 2 aromatic carbocycles. The fourth-order valence-electron chi connectivity index (χ4n) is 2.34. The summed E-state index contributed by atoms with van der Waals surface area (Å²) in [6.07, 6.45) is 0. The minimum Gasteiger partial charge on any atom is -0.493 e. The Morgan fingerprint density at radius 3 is 2.75 bits per heavy atom. The first-order valence-electron chi connectivity index (χ1n) is 8.11. The predicted molar refractivity (Wildman–Crippen MR) is 103 cm³/mol. The summed E-state index contributed by atoms with van der Waals surface area (Å²) in [7, 11) is 3.10. The molecule has 0 aliphatic rings. The largest absolute Gasteiger partial charge is 0.493 e. The van der Waals surface area contributed by atoms with Crippen LogP contribution >= 0.6 is 11.8 Å². The van der Waals surface area contributed by atoms with E-state index in [1.807, 2.05) is 6.07 Å². The third-order valence-corrected chi connectivity index (χ3v) is 4.46. The van der Waals surface area contributed by atoms with Crippen LogP contribution in [0.5, 0.6) is 11.5 Å². The molecular weight excluding hydrogens is 380 g/mol. The lowest BCUT2D eigenvalue weighted by atomic mass is 10.2. The normalized spacial score (nSPS) is 10.2. The minimum atomic E-state index is -0.244. The highest BCUT2D eigenvalue weighted by molar-refractivity contribution is 7.99. The quantitative estimate of drug-likeness (QED) is 0.605. The van der Waals surface area contributed by atoms with Crippen LogP contribution in [0.4, 0.5) is 5.69 Å². The third kappa shape index (κ3) is 4.61. The summed E-state index contributed by atoms with van der Waals surface area (Å²) in [6.45, 7) is 0. The molecule has 0 unspecified atom stereocenters. The summed E-state index contributed by atoms with van der Waals surface area (Å²) in [4.78, 5) is 12.1. The van der Waals surface area contributed by atoms with Gasteiger partial charge in [-0.1, -0.05) is 17.8 Å². The maximum Gasteiger partial charge on any atom is 0.277 e. The molecule has 0 radical (unpaired) electrons. The monoisotopic (exact) mass is 396 g/mol. The first-order valence-corrected chi connectivity index (χ1v) is 9.10. The Bertz CT molecular complexity index is 1030. The van der Waals surface area contributed by atoms with Crippen molar-refractivity contribution < 1.29 is 18.7 Å². The van der Waals surface area contributed by atoms with Crippen LogP contribution in [-0.4, -0.2) is 36.1 Å². The topological polar surface area (TPSA) is 110 Å². The van der Waals surface area contributed by atoms with Crippen LogP contribution in [0.25, 0.3) is 11.5 Å². The average Bonchev–Trinajstić information content (AvgIpc) is 3.21. The summed E-state index contributed by atoms with van der Waals surface area (Å²) < 4.78 is 16.1. The molecule has 0 aliphatic heterocycles. The molecule has 0 saturated carbocycles. The molecule has 142 valence electrons. The molecule has 1 amide bonds. The number of hydrogen-bond donors (Lipinski definition) is 1. The zero-order chi connectivity index (χ0) is 19.9. The Balaban J connectivity index is 1.61. The van der Waals surface area contributed by atoms with Gasteiger partial charge >= 0.3 is 0 Å². The van der Waals surface area contributed by atoms with Crippen LogP contribution in [0.1, 0.15) is 5.56 Å². The molecule has 0 atom stereocenters. The van der Waals surface area contributed by atoms with E-state index in [-0.39, 0.29) is 16.9 Å². The number of anilines is 1. The lowest BCUT2D eigenvalue weighted by Crippen LogP contribution is -2.14. The molecule has 3 rings (SSSR count). The highest BCUT2D eigenvalue weighted by Gasteiger charge is 2.14. The third-order valence-electron chi connectivity index (χ3n) is 3.64. The molecule has 1 aromatic heterocycles. The Hall–Kier alpha value is -3.51. The second kappa shape index (κ2) is 8.92. The summed E-state index contributed by atoms with van der Waals surface area (Å²) in [5.74, 6) is 1.30. The lowest BCUT2D eigenvalue weighted by molar-refractivity contribution is -0.113. The average molecular weight is 396 g/mol. The van der Waals surface area contributed by atoms with Gasteiger partial charge in [0, 0.05) is 11.3 Å². The first kappa shape index (κ1) is 19.3. The Labute approximate surface area is 165 Å². The van der Waals surface area contributed by atoms with Gasteiger partial charge in [-0.25, -0.2) is 0 Å². The van der Waals surface area contributed by atoms with E-state index in [9.17, 15) is 4.79 Å². The van der Waals surface area contributed by atoms with E-state index in [0.717, 1.165) is 11.8 Å². The zero-order valence-corrected chi connectivity index (χ0v) is 15.9. The van der Waals surface area contributed by atoms with E-state index in [0.29, 0.717) is 34.2 Å². The maximum absolute atomic E-state index is 12.1. The van der Waals surface area contributed by atoms with E-state index < -0.39 is 0 Å². The van der Waals surface area contributed by atoms with Gasteiger partial charge in [0.25, 0.3) is 5.22 Å². The first-order chi connectivity index (χ1) is 13.6. The SMILES string of the molecule is COc1ccc(-c2nnc(SCC(=O)Nc3cccc(C#N)c3)o2)cc1OC. The second-order valence-corrected chi connectivity index (χ2v) is 6.40. The maximum atomic E-state index is 12.1. The Morgan fingerprint density at radius 2 is 2.00 bits per heavy atom. The van der Waals surface area contributed by atoms with Gasteiger partial charge in [0.15, 0.2) is 11.5 Å². The lowest BCUT2D eigenvalue weighted by Gasteiger charge is -2.07. The number of ether oxygens (including phenoxy) is 2. The molecule has 0 saturated heterocycles. The number of thioether (sulfide) groups is 1. The van der Waals surface area contributed by atoms with Gasteiger partial charge in [-0.2, -0.15) is 5.26 Å². The number of hydrogen-bond acceptors (Lipinski definition) is 8. The smallest absolute Gasteiger partial charge is 0.277 e. The predicted octanol–water partition coefficient (Wildman–Crippen LogP) is 3.36. The van der Waals surface area contributed by atoms with Crippen LogP contribution < -0.4 is 14.8 Å². The number of benzene rings is 2. The van der Waals surface area contributed by atoms with Gasteiger partial charge < -0.3 is 19.2 Å². The van der Waals surface area contributed by atoms with Gasteiger partial charge in [-0.3, -0.25) is 4.79 Å². The fraction of sp³-hybridized carbons (Fsp3) is 0.158. The molecule has 0 fully saturated rings. The highest BCUT2D eigenvalue weighted by Crippen LogP contribution is 2.32. The molecule has 0 aliphatic carbocycles. The number of methoxy groups -OCH3 is 2. The van der Waals surface area contributed by atoms with E-state index in [1.54, 1.807) is 56.7 Å². The molecule has 9 heteroatoms. The zero-order valence-electron chi connectivity index (χ0n) is 15.1. The Kier molecular flexibility index (Phi) is 6.14. The van der Waals surface area contributed by atoms with Gasteiger partial charge in [-0.05, 0) is 36.4 Å². The van der Waals surface area contributed by atoms with Crippen LogP contribution in [0, 0.1) is 11.3 Å². The minimum absolute atomic E-state index is 0.0876. The highest BCUT2D eigenvalue weighted by atomic mass is 32.2. The van der Waals surface area contributed by atoms with E-state index >= 15 is 0 Å². The van der Waals surface area contributed by atoms with Crippen molar-refractivity contribution in [2.75, 3.05) is 25.3 Å². The van der Waals surface area contributed by atoms with Crippen molar-refractivity contribution in [1.82, 2.24) is 10.2 Å². The second-order valence-electron chi connectivity index (χ2n) is 5.47. The number of amides is 1. The van der Waals surface area contributed by atoms with Gasteiger partial charge in [0.05, 0.1) is 31.6 Å². The number of nitrogens with one attached hydrogen (secondary N) is 1. The van der Waals surface area contributed by atoms with E-state index in [2.05, 4.69) is 15.5 Å². The van der Waals surface area contributed by atoms with E-state index in [4.69, 9.17) is 19.2 Å². The van der Waals surface area contributed by atoms with Crippen LogP contribution in [0.15, 0.2) is 52.1 Å². The standard InChI is InChI=1S/C19H16N4O4S/c1-25-15-7-6-13(9-16(15)26-2)18-22-23-19(27-18)28-11-17(24)21-14-5-3-4-12(8-14)10-20/h3-9H,11H2,1-2H3,(H,21,24). The van der Waals surface area contributed by atoms with Crippen molar-refractivity contribution in [3.05, 3.63) is 48.0 Å². The fourth-order valence-corrected chi connectivity index (χ4v) is 2.91. The van der Waals surface area contributed by atoms with Crippen molar-refractivity contribution in [3.8, 4) is 29.0 Å². The summed E-state index contributed by atoms with van der Waals surface area (Å²) in [6, 6.07) is 14.0. The van der Waals surface area contributed by atoms with Crippen molar-refractivity contribution in [2.24, 2.45) is 0 Å². The van der Waals surface area contributed by atoms with Crippen molar-refractivity contribution in [2.45, 2.75) is 5.22 Å². The number of nitrogens with zero attached hydrogens (tertiary/aromatic N) is 3. The molecule has 1 N–H and O–H groups in total. The van der Waals surface area contributed by atoms with E-state index in [1.165, 1.54) is 0 Å². The number of rotatable bonds is 7. The number of carbonyl (C=O) groups is 1. The van der Waals surface area contributed by atoms with Crippen molar-refractivity contribution in [1.29, 1.82) is 5.26 Å². The van der Waals surface area contributed by atoms with Crippen LogP contribution in [-0.2, 0) is 4.79 Å². The molecule has 28 heavy (non-hydrogen) atoms. The summed E-state index contributed by atoms with van der Waals surface area (Å²) >= 11 is 1.12. The number of aromatic nitrogens is 2. The number of carbonyl (C=O) groups excluding carboxylic acids is 1. The van der Waals surface area contributed by atoms with Gasteiger partial charge in [0.1, 0.15) is 0 Å². The van der Waals surface area contributed by atoms with Crippen molar-refractivity contribution in [3.63, 3.8) is 0 Å².